The van der Waals surface area contributed by atoms with Crippen molar-refractivity contribution in [2.75, 3.05) is 0 Å². The Kier molecular flexibility index (Phi) is 1.31. The standard InChI is InChI=1S/C12H14/c1-2-4-12-10-7-5-9(6-8-10)11(12)3-1/h1-4,9-10H,5-8H2. The highest BCUT2D eigenvalue weighted by atomic mass is 14.4. The number of hydrogen-bond donors (Lipinski definition) is 0. The maximum Gasteiger partial charge on any atom is -0.0159 e. The maximum atomic E-state index is 2.34. The fraction of sp³-hybridized carbons (Fsp3) is 0.500. The van der Waals surface area contributed by atoms with Gasteiger partial charge in [-0.2, -0.15) is 0 Å². The zero-order valence-corrected chi connectivity index (χ0v) is 7.29. The summed E-state index contributed by atoms with van der Waals surface area (Å²) in [5, 5.41) is 0. The van der Waals surface area contributed by atoms with Crippen molar-refractivity contribution in [3.8, 4) is 0 Å². The van der Waals surface area contributed by atoms with Crippen molar-refractivity contribution in [2.45, 2.75) is 37.5 Å². The molecule has 1 aromatic carbocycles. The van der Waals surface area contributed by atoms with Crippen LogP contribution in [0.5, 0.6) is 0 Å². The van der Waals surface area contributed by atoms with Gasteiger partial charge in [-0.25, -0.2) is 0 Å². The van der Waals surface area contributed by atoms with Crippen molar-refractivity contribution < 1.29 is 0 Å². The van der Waals surface area contributed by atoms with Crippen molar-refractivity contribution in [2.24, 2.45) is 0 Å². The highest BCUT2D eigenvalue weighted by Gasteiger charge is 2.31. The molecule has 0 saturated heterocycles. The molecule has 0 spiro atoms. The Balaban J connectivity index is 2.19. The third-order valence-electron chi connectivity index (χ3n) is 3.60. The summed E-state index contributed by atoms with van der Waals surface area (Å²) in [4.78, 5) is 0. The van der Waals surface area contributed by atoms with E-state index >= 15 is 0 Å². The molecule has 1 fully saturated rings. The van der Waals surface area contributed by atoms with E-state index in [0.717, 1.165) is 11.8 Å². The van der Waals surface area contributed by atoms with Gasteiger partial charge in [-0.3, -0.25) is 0 Å². The van der Waals surface area contributed by atoms with E-state index in [1.807, 2.05) is 0 Å². The maximum absolute atomic E-state index is 2.34. The van der Waals surface area contributed by atoms with Crippen LogP contribution < -0.4 is 0 Å². The molecule has 3 aliphatic carbocycles. The van der Waals surface area contributed by atoms with Gasteiger partial charge in [0, 0.05) is 0 Å². The van der Waals surface area contributed by atoms with Crippen LogP contribution in [0.1, 0.15) is 48.6 Å². The summed E-state index contributed by atoms with van der Waals surface area (Å²) in [6, 6.07) is 9.07. The lowest BCUT2D eigenvalue weighted by Gasteiger charge is -2.38. The van der Waals surface area contributed by atoms with Crippen LogP contribution in [0.25, 0.3) is 0 Å². The van der Waals surface area contributed by atoms with Crippen LogP contribution in [0.4, 0.5) is 0 Å². The van der Waals surface area contributed by atoms with E-state index in [9.17, 15) is 0 Å². The first kappa shape index (κ1) is 6.71. The van der Waals surface area contributed by atoms with E-state index in [0.29, 0.717) is 0 Å². The largest absolute Gasteiger partial charge is 0.0620 e. The van der Waals surface area contributed by atoms with Gasteiger partial charge in [0.05, 0.1) is 0 Å². The highest BCUT2D eigenvalue weighted by Crippen LogP contribution is 2.48. The highest BCUT2D eigenvalue weighted by molar-refractivity contribution is 5.37. The molecule has 1 aromatic rings. The first-order chi connectivity index (χ1) is 5.95. The molecule has 0 nitrogen and oxygen atoms in total. The Morgan fingerprint density at radius 3 is 1.58 bits per heavy atom. The second-order valence-electron chi connectivity index (χ2n) is 4.18. The molecule has 0 heterocycles. The van der Waals surface area contributed by atoms with Crippen LogP contribution >= 0.6 is 0 Å². The Morgan fingerprint density at radius 1 is 0.750 bits per heavy atom. The molecule has 0 aromatic heterocycles. The molecule has 0 N–H and O–H groups in total. The Bertz CT molecular complexity index is 262. The van der Waals surface area contributed by atoms with Gasteiger partial charge < -0.3 is 0 Å². The molecule has 12 heavy (non-hydrogen) atoms. The molecule has 0 amide bonds. The fourth-order valence-corrected chi connectivity index (χ4v) is 2.97. The Morgan fingerprint density at radius 2 is 1.17 bits per heavy atom. The van der Waals surface area contributed by atoms with Gasteiger partial charge >= 0.3 is 0 Å². The second-order valence-corrected chi connectivity index (χ2v) is 4.18. The number of hydrogen-bond acceptors (Lipinski definition) is 0. The Hall–Kier alpha value is -0.780. The van der Waals surface area contributed by atoms with E-state index in [1.54, 1.807) is 11.1 Å². The molecule has 0 atom stereocenters. The number of rotatable bonds is 0. The van der Waals surface area contributed by atoms with E-state index < -0.39 is 0 Å². The smallest absolute Gasteiger partial charge is 0.0159 e. The molecule has 0 aliphatic heterocycles. The van der Waals surface area contributed by atoms with Crippen molar-refractivity contribution in [3.05, 3.63) is 35.4 Å². The summed E-state index contributed by atoms with van der Waals surface area (Å²) >= 11 is 0. The minimum atomic E-state index is 0.909. The molecule has 0 heteroatoms. The van der Waals surface area contributed by atoms with Crippen molar-refractivity contribution in [3.63, 3.8) is 0 Å². The average Bonchev–Trinajstić information content (AvgIpc) is 2.20. The minimum Gasteiger partial charge on any atom is -0.0620 e. The topological polar surface area (TPSA) is 0 Å². The molecule has 2 bridgehead atoms. The minimum absolute atomic E-state index is 0.909. The summed E-state index contributed by atoms with van der Waals surface area (Å²) < 4.78 is 0. The molecule has 0 radical (unpaired) electrons. The first-order valence-electron chi connectivity index (χ1n) is 5.04. The number of benzene rings is 1. The molecular formula is C12H14. The van der Waals surface area contributed by atoms with Gasteiger partial charge in [-0.15, -0.1) is 0 Å². The third-order valence-corrected chi connectivity index (χ3v) is 3.60. The molecule has 0 unspecified atom stereocenters. The lowest BCUT2D eigenvalue weighted by molar-refractivity contribution is 0.359. The van der Waals surface area contributed by atoms with Crippen LogP contribution in [0, 0.1) is 0 Å². The van der Waals surface area contributed by atoms with Gasteiger partial charge in [0.25, 0.3) is 0 Å². The first-order valence-corrected chi connectivity index (χ1v) is 5.04. The van der Waals surface area contributed by atoms with Gasteiger partial charge in [0.2, 0.25) is 0 Å². The van der Waals surface area contributed by atoms with Crippen LogP contribution in [0.15, 0.2) is 24.3 Å². The number of fused-ring (bicyclic) bond motifs is 2. The van der Waals surface area contributed by atoms with Crippen molar-refractivity contribution >= 4 is 0 Å². The summed E-state index contributed by atoms with van der Waals surface area (Å²) in [6.07, 6.45) is 5.78. The molecule has 3 aliphatic rings. The summed E-state index contributed by atoms with van der Waals surface area (Å²) in [5.74, 6) is 1.82. The van der Waals surface area contributed by atoms with Gasteiger partial charge in [-0.05, 0) is 48.6 Å². The zero-order valence-electron chi connectivity index (χ0n) is 7.29. The van der Waals surface area contributed by atoms with Crippen LogP contribution in [-0.4, -0.2) is 0 Å². The molecule has 1 saturated carbocycles. The quantitative estimate of drug-likeness (QED) is 0.542. The average molecular weight is 158 g/mol. The summed E-state index contributed by atoms with van der Waals surface area (Å²) in [5.41, 5.74) is 3.33. The summed E-state index contributed by atoms with van der Waals surface area (Å²) in [6.45, 7) is 0. The molecule has 4 rings (SSSR count). The lowest BCUT2D eigenvalue weighted by Crippen LogP contribution is -2.21. The van der Waals surface area contributed by atoms with E-state index in [1.165, 1.54) is 25.7 Å². The molecular weight excluding hydrogens is 144 g/mol. The normalized spacial score (nSPS) is 31.7. The molecule has 62 valence electrons. The van der Waals surface area contributed by atoms with Gasteiger partial charge in [0.1, 0.15) is 0 Å². The van der Waals surface area contributed by atoms with Crippen LogP contribution in [0.3, 0.4) is 0 Å². The predicted octanol–water partition coefficient (Wildman–Crippen LogP) is 3.44. The SMILES string of the molecule is c1ccc2c(c1)C1CCC2CC1. The third kappa shape index (κ3) is 0.782. The van der Waals surface area contributed by atoms with E-state index in [-0.39, 0.29) is 0 Å². The van der Waals surface area contributed by atoms with Crippen molar-refractivity contribution in [1.29, 1.82) is 0 Å². The van der Waals surface area contributed by atoms with Gasteiger partial charge in [-0.1, -0.05) is 24.3 Å². The van der Waals surface area contributed by atoms with Crippen molar-refractivity contribution in [1.82, 2.24) is 0 Å². The Labute approximate surface area is 73.6 Å². The van der Waals surface area contributed by atoms with Crippen LogP contribution in [-0.2, 0) is 0 Å². The predicted molar refractivity (Wildman–Crippen MR) is 50.4 cm³/mol. The van der Waals surface area contributed by atoms with E-state index in [2.05, 4.69) is 24.3 Å². The zero-order chi connectivity index (χ0) is 7.97. The lowest BCUT2D eigenvalue weighted by atomic mass is 9.67. The van der Waals surface area contributed by atoms with Crippen LogP contribution in [0.2, 0.25) is 0 Å². The summed E-state index contributed by atoms with van der Waals surface area (Å²) in [7, 11) is 0. The van der Waals surface area contributed by atoms with Gasteiger partial charge in [0.15, 0.2) is 0 Å². The second kappa shape index (κ2) is 2.35. The monoisotopic (exact) mass is 158 g/mol. The fourth-order valence-electron chi connectivity index (χ4n) is 2.97. The van der Waals surface area contributed by atoms with E-state index in [4.69, 9.17) is 0 Å².